The summed E-state index contributed by atoms with van der Waals surface area (Å²) >= 11 is 6.01. The Labute approximate surface area is 105 Å². The van der Waals surface area contributed by atoms with E-state index in [2.05, 4.69) is 15.7 Å². The van der Waals surface area contributed by atoms with E-state index in [1.54, 1.807) is 6.20 Å². The van der Waals surface area contributed by atoms with Gasteiger partial charge in [-0.25, -0.2) is 4.68 Å². The van der Waals surface area contributed by atoms with Crippen molar-refractivity contribution in [1.29, 1.82) is 0 Å². The molecular formula is C11H17ClN4O. The first-order chi connectivity index (χ1) is 8.22. The molecule has 1 fully saturated rings. The molecule has 0 aromatic carbocycles. The lowest BCUT2D eigenvalue weighted by Crippen LogP contribution is -2.24. The Kier molecular flexibility index (Phi) is 4.02. The Morgan fingerprint density at radius 3 is 3.18 bits per heavy atom. The van der Waals surface area contributed by atoms with Gasteiger partial charge in [0.05, 0.1) is 11.9 Å². The van der Waals surface area contributed by atoms with E-state index in [0.29, 0.717) is 18.2 Å². The smallest absolute Gasteiger partial charge is 0.287 e. The van der Waals surface area contributed by atoms with Crippen molar-refractivity contribution in [2.45, 2.75) is 19.9 Å². The van der Waals surface area contributed by atoms with Crippen LogP contribution in [0.2, 0.25) is 5.02 Å². The second kappa shape index (κ2) is 5.51. The number of hydrogen-bond donors (Lipinski definition) is 2. The molecule has 0 spiro atoms. The van der Waals surface area contributed by atoms with Crippen molar-refractivity contribution >= 4 is 17.3 Å². The van der Waals surface area contributed by atoms with E-state index in [0.717, 1.165) is 26.1 Å². The molecule has 17 heavy (non-hydrogen) atoms. The molecule has 2 heterocycles. The fourth-order valence-electron chi connectivity index (χ4n) is 1.96. The Bertz CT molecular complexity index is 440. The molecule has 0 aliphatic carbocycles. The van der Waals surface area contributed by atoms with Crippen molar-refractivity contribution in [3.8, 4) is 0 Å². The standard InChI is InChI=1S/C11H17ClN4O/c1-2-16-11(17)10(12)9(7-15-16)14-6-8-3-4-13-5-8/h7-8,13-14H,2-6H2,1H3. The number of halogens is 1. The number of nitrogens with one attached hydrogen (secondary N) is 2. The molecule has 0 saturated carbocycles. The number of nitrogens with zero attached hydrogens (tertiary/aromatic N) is 2. The fraction of sp³-hybridized carbons (Fsp3) is 0.636. The Hall–Kier alpha value is -1.07. The summed E-state index contributed by atoms with van der Waals surface area (Å²) < 4.78 is 1.35. The molecule has 2 N–H and O–H groups in total. The maximum atomic E-state index is 11.7. The Morgan fingerprint density at radius 1 is 1.71 bits per heavy atom. The summed E-state index contributed by atoms with van der Waals surface area (Å²) in [4.78, 5) is 11.7. The average molecular weight is 257 g/mol. The topological polar surface area (TPSA) is 59.0 Å². The van der Waals surface area contributed by atoms with Gasteiger partial charge in [0.1, 0.15) is 5.02 Å². The third-order valence-corrected chi connectivity index (χ3v) is 3.39. The maximum Gasteiger partial charge on any atom is 0.287 e. The minimum absolute atomic E-state index is 0.229. The van der Waals surface area contributed by atoms with E-state index in [9.17, 15) is 4.79 Å². The van der Waals surface area contributed by atoms with E-state index >= 15 is 0 Å². The molecule has 0 amide bonds. The Balaban J connectivity index is 2.05. The van der Waals surface area contributed by atoms with Gasteiger partial charge in [0, 0.05) is 13.1 Å². The molecule has 1 aromatic heterocycles. The summed E-state index contributed by atoms with van der Waals surface area (Å²) in [5.41, 5.74) is 0.400. The molecule has 1 atom stereocenters. The lowest BCUT2D eigenvalue weighted by atomic mass is 10.1. The van der Waals surface area contributed by atoms with Gasteiger partial charge < -0.3 is 10.6 Å². The third kappa shape index (κ3) is 2.79. The van der Waals surface area contributed by atoms with E-state index in [1.165, 1.54) is 4.68 Å². The fourth-order valence-corrected chi connectivity index (χ4v) is 2.17. The number of anilines is 1. The highest BCUT2D eigenvalue weighted by molar-refractivity contribution is 6.32. The summed E-state index contributed by atoms with van der Waals surface area (Å²) in [6, 6.07) is 0. The van der Waals surface area contributed by atoms with Crippen LogP contribution < -0.4 is 16.2 Å². The zero-order valence-electron chi connectivity index (χ0n) is 9.87. The second-order valence-electron chi connectivity index (χ2n) is 4.23. The lowest BCUT2D eigenvalue weighted by molar-refractivity contribution is 0.605. The van der Waals surface area contributed by atoms with Gasteiger partial charge >= 0.3 is 0 Å². The molecule has 94 valence electrons. The van der Waals surface area contributed by atoms with Crippen molar-refractivity contribution in [3.05, 3.63) is 21.6 Å². The highest BCUT2D eigenvalue weighted by Crippen LogP contribution is 2.17. The first-order valence-corrected chi connectivity index (χ1v) is 6.30. The van der Waals surface area contributed by atoms with Crippen LogP contribution in [0.3, 0.4) is 0 Å². The van der Waals surface area contributed by atoms with Gasteiger partial charge in [-0.15, -0.1) is 0 Å². The van der Waals surface area contributed by atoms with E-state index in [4.69, 9.17) is 11.6 Å². The van der Waals surface area contributed by atoms with Crippen LogP contribution in [-0.4, -0.2) is 29.4 Å². The largest absolute Gasteiger partial charge is 0.382 e. The van der Waals surface area contributed by atoms with Gasteiger partial charge in [-0.3, -0.25) is 4.79 Å². The van der Waals surface area contributed by atoms with E-state index in [-0.39, 0.29) is 10.6 Å². The first kappa shape index (κ1) is 12.4. The normalized spacial score (nSPS) is 19.5. The van der Waals surface area contributed by atoms with Gasteiger partial charge in [-0.2, -0.15) is 5.10 Å². The summed E-state index contributed by atoms with van der Waals surface area (Å²) in [5, 5.41) is 10.8. The summed E-state index contributed by atoms with van der Waals surface area (Å²) in [6.45, 7) is 5.30. The average Bonchev–Trinajstić information content (AvgIpc) is 2.84. The van der Waals surface area contributed by atoms with E-state index in [1.807, 2.05) is 6.92 Å². The monoisotopic (exact) mass is 256 g/mol. The van der Waals surface area contributed by atoms with E-state index < -0.39 is 0 Å². The lowest BCUT2D eigenvalue weighted by Gasteiger charge is -2.12. The second-order valence-corrected chi connectivity index (χ2v) is 4.61. The zero-order valence-corrected chi connectivity index (χ0v) is 10.6. The maximum absolute atomic E-state index is 11.7. The highest BCUT2D eigenvalue weighted by atomic mass is 35.5. The van der Waals surface area contributed by atoms with Crippen LogP contribution in [0.4, 0.5) is 5.69 Å². The van der Waals surface area contributed by atoms with Crippen LogP contribution in [0.5, 0.6) is 0 Å². The Morgan fingerprint density at radius 2 is 2.53 bits per heavy atom. The van der Waals surface area contributed by atoms with Crippen molar-refractivity contribution in [2.75, 3.05) is 25.0 Å². The van der Waals surface area contributed by atoms with Gasteiger partial charge in [0.25, 0.3) is 5.56 Å². The minimum Gasteiger partial charge on any atom is -0.382 e. The minimum atomic E-state index is -0.233. The molecular weight excluding hydrogens is 240 g/mol. The van der Waals surface area contributed by atoms with Crippen LogP contribution in [0.1, 0.15) is 13.3 Å². The molecule has 5 nitrogen and oxygen atoms in total. The quantitative estimate of drug-likeness (QED) is 0.842. The van der Waals surface area contributed by atoms with Crippen molar-refractivity contribution in [3.63, 3.8) is 0 Å². The molecule has 1 aliphatic heterocycles. The zero-order chi connectivity index (χ0) is 12.3. The van der Waals surface area contributed by atoms with Crippen LogP contribution in [-0.2, 0) is 6.54 Å². The summed E-state index contributed by atoms with van der Waals surface area (Å²) in [5.74, 6) is 0.597. The molecule has 1 aliphatic rings. The first-order valence-electron chi connectivity index (χ1n) is 5.92. The molecule has 1 unspecified atom stereocenters. The van der Waals surface area contributed by atoms with Crippen LogP contribution in [0.15, 0.2) is 11.0 Å². The molecule has 6 heteroatoms. The van der Waals surface area contributed by atoms with Gasteiger partial charge in [-0.05, 0) is 32.4 Å². The molecule has 0 bridgehead atoms. The third-order valence-electron chi connectivity index (χ3n) is 3.03. The van der Waals surface area contributed by atoms with Gasteiger partial charge in [0.2, 0.25) is 0 Å². The highest BCUT2D eigenvalue weighted by Gasteiger charge is 2.15. The summed E-state index contributed by atoms with van der Waals surface area (Å²) in [6.07, 6.45) is 2.78. The van der Waals surface area contributed by atoms with Crippen LogP contribution in [0, 0.1) is 5.92 Å². The molecule has 2 rings (SSSR count). The van der Waals surface area contributed by atoms with Crippen LogP contribution in [0.25, 0.3) is 0 Å². The molecule has 1 aromatic rings. The van der Waals surface area contributed by atoms with Crippen molar-refractivity contribution < 1.29 is 0 Å². The predicted octanol–water partition coefficient (Wildman–Crippen LogP) is 0.938. The number of aromatic nitrogens is 2. The SMILES string of the molecule is CCn1ncc(NCC2CCNC2)c(Cl)c1=O. The predicted molar refractivity (Wildman–Crippen MR) is 68.6 cm³/mol. The van der Waals surface area contributed by atoms with Crippen molar-refractivity contribution in [2.24, 2.45) is 5.92 Å². The van der Waals surface area contributed by atoms with Crippen molar-refractivity contribution in [1.82, 2.24) is 15.1 Å². The van der Waals surface area contributed by atoms with Gasteiger partial charge in [0.15, 0.2) is 0 Å². The number of hydrogen-bond acceptors (Lipinski definition) is 4. The van der Waals surface area contributed by atoms with Gasteiger partial charge in [-0.1, -0.05) is 11.6 Å². The summed E-state index contributed by atoms with van der Waals surface area (Å²) in [7, 11) is 0. The number of aryl methyl sites for hydroxylation is 1. The van der Waals surface area contributed by atoms with Crippen LogP contribution >= 0.6 is 11.6 Å². The molecule has 1 saturated heterocycles. The number of rotatable bonds is 4. The molecule has 0 radical (unpaired) electrons.